The van der Waals surface area contributed by atoms with E-state index in [4.69, 9.17) is 0 Å². The molecule has 2 N–H and O–H groups in total. The fraction of sp³-hybridized carbons (Fsp3) is 0.267. The third-order valence-corrected chi connectivity index (χ3v) is 3.17. The Morgan fingerprint density at radius 2 is 1.95 bits per heavy atom. The van der Waals surface area contributed by atoms with Crippen LogP contribution in [0.4, 0.5) is 4.39 Å². The van der Waals surface area contributed by atoms with Crippen LogP contribution in [-0.2, 0) is 0 Å². The molecule has 0 fully saturated rings. The summed E-state index contributed by atoms with van der Waals surface area (Å²) in [6, 6.07) is 8.04. The van der Waals surface area contributed by atoms with Gasteiger partial charge in [0.05, 0.1) is 5.69 Å². The molecule has 2 rings (SSSR count). The van der Waals surface area contributed by atoms with E-state index in [1.165, 1.54) is 36.4 Å². The Morgan fingerprint density at radius 1 is 1.27 bits per heavy atom. The maximum Gasteiger partial charge on any atom is 0.271 e. The summed E-state index contributed by atoms with van der Waals surface area (Å²) in [7, 11) is 1.80. The minimum Gasteiger partial charge on any atom is -0.349 e. The number of nitrogens with zero attached hydrogens (tertiary/aromatic N) is 2. The highest BCUT2D eigenvalue weighted by Gasteiger charge is 2.11. The van der Waals surface area contributed by atoms with Crippen molar-refractivity contribution in [3.05, 3.63) is 58.3 Å². The van der Waals surface area contributed by atoms with Crippen molar-refractivity contribution in [2.75, 3.05) is 13.6 Å². The van der Waals surface area contributed by atoms with Crippen LogP contribution in [0.25, 0.3) is 5.69 Å². The fourth-order valence-corrected chi connectivity index (χ4v) is 1.74. The van der Waals surface area contributed by atoms with Crippen LogP contribution in [0.15, 0.2) is 41.2 Å². The molecule has 7 heteroatoms. The SMILES string of the molecule is CNC(C)CNC(=O)c1ccc(=O)n(-c2ccc(F)cc2)n1. The van der Waals surface area contributed by atoms with Crippen molar-refractivity contribution in [3.8, 4) is 5.69 Å². The smallest absolute Gasteiger partial charge is 0.271 e. The largest absolute Gasteiger partial charge is 0.349 e. The number of aromatic nitrogens is 2. The summed E-state index contributed by atoms with van der Waals surface area (Å²) in [5.41, 5.74) is 0.114. The van der Waals surface area contributed by atoms with Crippen LogP contribution < -0.4 is 16.2 Å². The Hall–Kier alpha value is -2.54. The van der Waals surface area contributed by atoms with Gasteiger partial charge in [-0.1, -0.05) is 0 Å². The number of carbonyl (C=O) groups is 1. The van der Waals surface area contributed by atoms with Crippen LogP contribution in [0.1, 0.15) is 17.4 Å². The van der Waals surface area contributed by atoms with E-state index in [2.05, 4.69) is 15.7 Å². The van der Waals surface area contributed by atoms with Gasteiger partial charge >= 0.3 is 0 Å². The van der Waals surface area contributed by atoms with E-state index >= 15 is 0 Å². The fourth-order valence-electron chi connectivity index (χ4n) is 1.74. The maximum absolute atomic E-state index is 12.9. The summed E-state index contributed by atoms with van der Waals surface area (Å²) >= 11 is 0. The summed E-state index contributed by atoms with van der Waals surface area (Å²) in [6.45, 7) is 2.36. The summed E-state index contributed by atoms with van der Waals surface area (Å²) in [4.78, 5) is 23.9. The summed E-state index contributed by atoms with van der Waals surface area (Å²) in [6.07, 6.45) is 0. The van der Waals surface area contributed by atoms with E-state index in [1.54, 1.807) is 7.05 Å². The molecule has 0 spiro atoms. The summed E-state index contributed by atoms with van der Waals surface area (Å²) in [5, 5.41) is 9.74. The van der Waals surface area contributed by atoms with Gasteiger partial charge in [0, 0.05) is 18.7 Å². The second-order valence-electron chi connectivity index (χ2n) is 4.84. The molecule has 0 aliphatic rings. The quantitative estimate of drug-likeness (QED) is 0.853. The number of hydrogen-bond acceptors (Lipinski definition) is 4. The number of benzene rings is 1. The third-order valence-electron chi connectivity index (χ3n) is 3.17. The van der Waals surface area contributed by atoms with Gasteiger partial charge in [-0.3, -0.25) is 9.59 Å². The lowest BCUT2D eigenvalue weighted by Gasteiger charge is -2.11. The van der Waals surface area contributed by atoms with Gasteiger partial charge < -0.3 is 10.6 Å². The zero-order valence-electron chi connectivity index (χ0n) is 12.3. The van der Waals surface area contributed by atoms with Gasteiger partial charge in [-0.05, 0) is 44.3 Å². The Balaban J connectivity index is 2.25. The molecule has 1 heterocycles. The first-order valence-electron chi connectivity index (χ1n) is 6.83. The van der Waals surface area contributed by atoms with Crippen molar-refractivity contribution in [1.82, 2.24) is 20.4 Å². The highest BCUT2D eigenvalue weighted by molar-refractivity contribution is 5.92. The van der Waals surface area contributed by atoms with Crippen LogP contribution in [0, 0.1) is 5.82 Å². The molecule has 1 atom stereocenters. The number of rotatable bonds is 5. The molecule has 22 heavy (non-hydrogen) atoms. The molecule has 0 aliphatic heterocycles. The zero-order valence-corrected chi connectivity index (χ0v) is 12.3. The maximum atomic E-state index is 12.9. The molecule has 6 nitrogen and oxygen atoms in total. The second kappa shape index (κ2) is 6.95. The molecule has 1 aromatic heterocycles. The van der Waals surface area contributed by atoms with E-state index in [-0.39, 0.29) is 17.6 Å². The van der Waals surface area contributed by atoms with Crippen molar-refractivity contribution in [3.63, 3.8) is 0 Å². The Bertz CT molecular complexity index is 712. The van der Waals surface area contributed by atoms with Crippen molar-refractivity contribution >= 4 is 5.91 Å². The molecule has 1 unspecified atom stereocenters. The van der Waals surface area contributed by atoms with Crippen molar-refractivity contribution in [2.24, 2.45) is 0 Å². The number of likely N-dealkylation sites (N-methyl/N-ethyl adjacent to an activating group) is 1. The minimum absolute atomic E-state index is 0.118. The summed E-state index contributed by atoms with van der Waals surface area (Å²) in [5.74, 6) is -0.787. The van der Waals surface area contributed by atoms with E-state index in [9.17, 15) is 14.0 Å². The first-order valence-corrected chi connectivity index (χ1v) is 6.83. The molecule has 1 amide bonds. The van der Waals surface area contributed by atoms with Gasteiger partial charge in [0.2, 0.25) is 0 Å². The van der Waals surface area contributed by atoms with Crippen molar-refractivity contribution in [2.45, 2.75) is 13.0 Å². The molecule has 0 saturated heterocycles. The highest BCUT2D eigenvalue weighted by atomic mass is 19.1. The van der Waals surface area contributed by atoms with Crippen LogP contribution in [0.5, 0.6) is 0 Å². The number of hydrogen-bond donors (Lipinski definition) is 2. The lowest BCUT2D eigenvalue weighted by atomic mass is 10.3. The average Bonchev–Trinajstić information content (AvgIpc) is 2.53. The molecule has 116 valence electrons. The molecule has 2 aromatic rings. The Labute approximate surface area is 127 Å². The first kappa shape index (κ1) is 15.8. The van der Waals surface area contributed by atoms with E-state index in [0.717, 1.165) is 4.68 Å². The molecule has 0 radical (unpaired) electrons. The number of nitrogens with one attached hydrogen (secondary N) is 2. The standard InChI is InChI=1S/C15H17FN4O2/c1-10(17-2)9-18-15(22)13-7-8-14(21)20(19-13)12-5-3-11(16)4-6-12/h3-8,10,17H,9H2,1-2H3,(H,18,22). The third kappa shape index (κ3) is 3.76. The topological polar surface area (TPSA) is 76.0 Å². The highest BCUT2D eigenvalue weighted by Crippen LogP contribution is 2.05. The lowest BCUT2D eigenvalue weighted by Crippen LogP contribution is -2.38. The van der Waals surface area contributed by atoms with E-state index < -0.39 is 11.4 Å². The average molecular weight is 304 g/mol. The minimum atomic E-state index is -0.410. The van der Waals surface area contributed by atoms with E-state index in [1.807, 2.05) is 6.92 Å². The van der Waals surface area contributed by atoms with Crippen molar-refractivity contribution in [1.29, 1.82) is 0 Å². The van der Waals surface area contributed by atoms with Gasteiger partial charge in [0.25, 0.3) is 11.5 Å². The monoisotopic (exact) mass is 304 g/mol. The second-order valence-corrected chi connectivity index (χ2v) is 4.84. The Morgan fingerprint density at radius 3 is 2.59 bits per heavy atom. The van der Waals surface area contributed by atoms with Gasteiger partial charge in [-0.2, -0.15) is 9.78 Å². The lowest BCUT2D eigenvalue weighted by molar-refractivity contribution is 0.0943. The molecule has 1 aromatic carbocycles. The molecule has 0 saturated carbocycles. The van der Waals surface area contributed by atoms with Crippen LogP contribution in [0.3, 0.4) is 0 Å². The molecule has 0 bridgehead atoms. The van der Waals surface area contributed by atoms with Crippen LogP contribution >= 0.6 is 0 Å². The number of halogens is 1. The molecule has 0 aliphatic carbocycles. The number of amides is 1. The van der Waals surface area contributed by atoms with E-state index in [0.29, 0.717) is 12.2 Å². The Kier molecular flexibility index (Phi) is 5.00. The van der Waals surface area contributed by atoms with Gasteiger partial charge in [-0.25, -0.2) is 4.39 Å². The molecular weight excluding hydrogens is 287 g/mol. The molecular formula is C15H17FN4O2. The normalized spacial score (nSPS) is 12.0. The summed E-state index contributed by atoms with van der Waals surface area (Å²) < 4.78 is 14.0. The van der Waals surface area contributed by atoms with Crippen molar-refractivity contribution < 1.29 is 9.18 Å². The van der Waals surface area contributed by atoms with Gasteiger partial charge in [0.1, 0.15) is 11.5 Å². The van der Waals surface area contributed by atoms with Crippen LogP contribution in [0.2, 0.25) is 0 Å². The first-order chi connectivity index (χ1) is 10.5. The van der Waals surface area contributed by atoms with Crippen LogP contribution in [-0.4, -0.2) is 35.3 Å². The predicted molar refractivity (Wildman–Crippen MR) is 80.6 cm³/mol. The predicted octanol–water partition coefficient (Wildman–Crippen LogP) is 0.709. The number of carbonyl (C=O) groups excluding carboxylic acids is 1. The zero-order chi connectivity index (χ0) is 16.1. The van der Waals surface area contributed by atoms with Gasteiger partial charge in [0.15, 0.2) is 0 Å². The van der Waals surface area contributed by atoms with Gasteiger partial charge in [-0.15, -0.1) is 0 Å².